The summed E-state index contributed by atoms with van der Waals surface area (Å²) in [7, 11) is 0. The number of carbonyl (C=O) groups excluding carboxylic acids is 2. The molecule has 0 bridgehead atoms. The molecule has 1 aromatic rings. The van der Waals surface area contributed by atoms with E-state index >= 15 is 0 Å². The molecule has 0 spiro atoms. The Morgan fingerprint density at radius 2 is 1.94 bits per heavy atom. The van der Waals surface area contributed by atoms with Gasteiger partial charge in [-0.05, 0) is 17.7 Å². The third kappa shape index (κ3) is 3.96. The molecule has 0 aliphatic heterocycles. The van der Waals surface area contributed by atoms with Crippen LogP contribution >= 0.6 is 0 Å². The second-order valence-corrected chi connectivity index (χ2v) is 3.33. The molecule has 1 aromatic carbocycles. The van der Waals surface area contributed by atoms with Gasteiger partial charge in [-0.15, -0.1) is 0 Å². The molecule has 0 aliphatic rings. The first kappa shape index (κ1) is 12.0. The van der Waals surface area contributed by atoms with Crippen LogP contribution in [0.15, 0.2) is 30.3 Å². The molecule has 3 N–H and O–H groups in total. The molecule has 16 heavy (non-hydrogen) atoms. The van der Waals surface area contributed by atoms with Gasteiger partial charge in [-0.25, -0.2) is 0 Å². The number of carbonyl (C=O) groups is 2. The fourth-order valence-electron chi connectivity index (χ4n) is 1.16. The van der Waals surface area contributed by atoms with Gasteiger partial charge >= 0.3 is 0 Å². The molecule has 4 heteroatoms. The molecule has 4 nitrogen and oxygen atoms in total. The predicted molar refractivity (Wildman–Crippen MR) is 62.7 cm³/mol. The van der Waals surface area contributed by atoms with E-state index in [9.17, 15) is 9.59 Å². The van der Waals surface area contributed by atoms with E-state index in [0.717, 1.165) is 5.56 Å². The summed E-state index contributed by atoms with van der Waals surface area (Å²) < 4.78 is 0. The molecular weight excluding hydrogens is 204 g/mol. The number of nitrogens with one attached hydrogen (secondary N) is 1. The molecule has 0 saturated heterocycles. The van der Waals surface area contributed by atoms with Crippen LogP contribution in [0.1, 0.15) is 22.8 Å². The van der Waals surface area contributed by atoms with Gasteiger partial charge in [0.25, 0.3) is 0 Å². The molecule has 0 aromatic heterocycles. The van der Waals surface area contributed by atoms with Gasteiger partial charge in [0.1, 0.15) is 0 Å². The zero-order valence-corrected chi connectivity index (χ0v) is 9.07. The second kappa shape index (κ2) is 5.70. The minimum Gasteiger partial charge on any atom is -0.366 e. The van der Waals surface area contributed by atoms with E-state index in [2.05, 4.69) is 5.32 Å². The lowest BCUT2D eigenvalue weighted by molar-refractivity contribution is -0.118. The molecule has 84 valence electrons. The molecule has 1 rings (SSSR count). The number of hydrogen-bond acceptors (Lipinski definition) is 2. The molecule has 0 radical (unpaired) electrons. The van der Waals surface area contributed by atoms with Crippen molar-refractivity contribution in [1.29, 1.82) is 0 Å². The van der Waals surface area contributed by atoms with Crippen LogP contribution in [0.3, 0.4) is 0 Å². The average molecular weight is 218 g/mol. The first-order chi connectivity index (χ1) is 7.59. The van der Waals surface area contributed by atoms with Crippen LogP contribution in [0, 0.1) is 0 Å². The van der Waals surface area contributed by atoms with Crippen molar-refractivity contribution in [2.24, 2.45) is 5.73 Å². The second-order valence-electron chi connectivity index (χ2n) is 3.33. The first-order valence-electron chi connectivity index (χ1n) is 4.90. The number of amides is 2. The zero-order valence-electron chi connectivity index (χ0n) is 9.07. The van der Waals surface area contributed by atoms with Crippen molar-refractivity contribution in [1.82, 2.24) is 5.32 Å². The molecule has 0 heterocycles. The average Bonchev–Trinajstić information content (AvgIpc) is 2.25. The third-order valence-corrected chi connectivity index (χ3v) is 1.97. The highest BCUT2D eigenvalue weighted by molar-refractivity contribution is 5.92. The zero-order chi connectivity index (χ0) is 12.0. The van der Waals surface area contributed by atoms with E-state index in [4.69, 9.17) is 5.73 Å². The summed E-state index contributed by atoms with van der Waals surface area (Å²) in [6.45, 7) is 1.96. The van der Waals surface area contributed by atoms with Gasteiger partial charge in [-0.2, -0.15) is 0 Å². The van der Waals surface area contributed by atoms with E-state index in [0.29, 0.717) is 12.1 Å². The number of rotatable bonds is 4. The molecule has 0 saturated carbocycles. The van der Waals surface area contributed by atoms with Gasteiger partial charge in [-0.1, -0.05) is 24.3 Å². The fraction of sp³-hybridized carbons (Fsp3) is 0.167. The van der Waals surface area contributed by atoms with Crippen molar-refractivity contribution >= 4 is 17.9 Å². The van der Waals surface area contributed by atoms with Crippen molar-refractivity contribution in [3.8, 4) is 0 Å². The van der Waals surface area contributed by atoms with E-state index in [1.165, 1.54) is 6.92 Å². The maximum Gasteiger partial charge on any atom is 0.248 e. The maximum atomic E-state index is 10.8. The Balaban J connectivity index is 2.55. The molecule has 0 atom stereocenters. The van der Waals surface area contributed by atoms with Gasteiger partial charge in [0.15, 0.2) is 0 Å². The van der Waals surface area contributed by atoms with Crippen LogP contribution in [-0.2, 0) is 4.79 Å². The lowest BCUT2D eigenvalue weighted by Crippen LogP contribution is -2.19. The van der Waals surface area contributed by atoms with Crippen molar-refractivity contribution in [2.45, 2.75) is 6.92 Å². The normalized spacial score (nSPS) is 10.3. The minimum absolute atomic E-state index is 0.0614. The third-order valence-electron chi connectivity index (χ3n) is 1.97. The lowest BCUT2D eigenvalue weighted by atomic mass is 10.1. The smallest absolute Gasteiger partial charge is 0.248 e. The Morgan fingerprint density at radius 1 is 1.31 bits per heavy atom. The van der Waals surface area contributed by atoms with E-state index in [1.807, 2.05) is 12.2 Å². The highest BCUT2D eigenvalue weighted by Crippen LogP contribution is 2.05. The van der Waals surface area contributed by atoms with Crippen molar-refractivity contribution in [3.63, 3.8) is 0 Å². The molecular formula is C12H14N2O2. The molecule has 0 unspecified atom stereocenters. The minimum atomic E-state index is -0.436. The Hall–Kier alpha value is -2.10. The van der Waals surface area contributed by atoms with E-state index in [1.54, 1.807) is 24.3 Å². The topological polar surface area (TPSA) is 72.2 Å². The Kier molecular flexibility index (Phi) is 4.27. The Bertz CT molecular complexity index is 408. The predicted octanol–water partition coefficient (Wildman–Crippen LogP) is 0.935. The molecule has 0 fully saturated rings. The van der Waals surface area contributed by atoms with Gasteiger partial charge < -0.3 is 11.1 Å². The number of hydrogen-bond donors (Lipinski definition) is 2. The molecule has 2 amide bonds. The monoisotopic (exact) mass is 218 g/mol. The number of nitrogens with two attached hydrogens (primary N) is 1. The highest BCUT2D eigenvalue weighted by atomic mass is 16.1. The van der Waals surface area contributed by atoms with Crippen molar-refractivity contribution in [2.75, 3.05) is 6.54 Å². The van der Waals surface area contributed by atoms with Crippen LogP contribution in [0.2, 0.25) is 0 Å². The number of primary amides is 1. The van der Waals surface area contributed by atoms with Gasteiger partial charge in [-0.3, -0.25) is 9.59 Å². The van der Waals surface area contributed by atoms with E-state index in [-0.39, 0.29) is 5.91 Å². The largest absolute Gasteiger partial charge is 0.366 e. The van der Waals surface area contributed by atoms with Crippen molar-refractivity contribution in [3.05, 3.63) is 41.5 Å². The van der Waals surface area contributed by atoms with Crippen LogP contribution in [-0.4, -0.2) is 18.4 Å². The fourth-order valence-corrected chi connectivity index (χ4v) is 1.16. The van der Waals surface area contributed by atoms with Crippen molar-refractivity contribution < 1.29 is 9.59 Å². The van der Waals surface area contributed by atoms with Crippen LogP contribution in [0.4, 0.5) is 0 Å². The lowest BCUT2D eigenvalue weighted by Gasteiger charge is -1.97. The summed E-state index contributed by atoms with van der Waals surface area (Å²) in [4.78, 5) is 21.4. The first-order valence-corrected chi connectivity index (χ1v) is 4.90. The summed E-state index contributed by atoms with van der Waals surface area (Å²) in [5, 5.41) is 2.65. The summed E-state index contributed by atoms with van der Waals surface area (Å²) in [6.07, 6.45) is 3.70. The Morgan fingerprint density at radius 3 is 2.44 bits per heavy atom. The quantitative estimate of drug-likeness (QED) is 0.789. The van der Waals surface area contributed by atoms with E-state index < -0.39 is 5.91 Å². The molecule has 0 aliphatic carbocycles. The van der Waals surface area contributed by atoms with Crippen LogP contribution in [0.25, 0.3) is 6.08 Å². The van der Waals surface area contributed by atoms with Gasteiger partial charge in [0.05, 0.1) is 0 Å². The number of benzene rings is 1. The summed E-state index contributed by atoms with van der Waals surface area (Å²) in [5.41, 5.74) is 6.55. The summed E-state index contributed by atoms with van der Waals surface area (Å²) in [6, 6.07) is 6.93. The standard InChI is InChI=1S/C12H14N2O2/c1-9(15)14-8-2-3-10-4-6-11(7-5-10)12(13)16/h2-7H,8H2,1H3,(H2,13,16)(H,14,15). The summed E-state index contributed by atoms with van der Waals surface area (Å²) in [5.74, 6) is -0.498. The maximum absolute atomic E-state index is 10.8. The summed E-state index contributed by atoms with van der Waals surface area (Å²) >= 11 is 0. The van der Waals surface area contributed by atoms with Gasteiger partial charge in [0, 0.05) is 19.0 Å². The van der Waals surface area contributed by atoms with Crippen LogP contribution in [0.5, 0.6) is 0 Å². The van der Waals surface area contributed by atoms with Gasteiger partial charge in [0.2, 0.25) is 11.8 Å². The Labute approximate surface area is 94.1 Å². The van der Waals surface area contributed by atoms with Crippen LogP contribution < -0.4 is 11.1 Å². The SMILES string of the molecule is CC(=O)NCC=Cc1ccc(C(N)=O)cc1. The highest BCUT2D eigenvalue weighted by Gasteiger charge is 1.97.